The lowest BCUT2D eigenvalue weighted by Crippen LogP contribution is -2.32. The summed E-state index contributed by atoms with van der Waals surface area (Å²) in [4.78, 5) is 23.6. The van der Waals surface area contributed by atoms with Crippen LogP contribution in [0.25, 0.3) is 0 Å². The minimum Gasteiger partial charge on any atom is -0.454 e. The molecule has 0 saturated carbocycles. The molecule has 1 aromatic rings. The monoisotopic (exact) mass is 263 g/mol. The molecule has 0 fully saturated rings. The fourth-order valence-electron chi connectivity index (χ4n) is 1.72. The summed E-state index contributed by atoms with van der Waals surface area (Å²) in [5, 5.41) is 2.62. The van der Waals surface area contributed by atoms with Crippen molar-refractivity contribution in [2.75, 3.05) is 13.3 Å². The Morgan fingerprint density at radius 3 is 2.74 bits per heavy atom. The predicted molar refractivity (Wildman–Crippen MR) is 69.4 cm³/mol. The third-order valence-corrected chi connectivity index (χ3v) is 2.85. The lowest BCUT2D eigenvalue weighted by molar-refractivity contribution is -0.117. The highest BCUT2D eigenvalue weighted by atomic mass is 16.7. The number of amides is 1. The van der Waals surface area contributed by atoms with Gasteiger partial charge in [0, 0.05) is 12.1 Å². The SMILES string of the molecule is CC(C)CCNC(=O)C(=O)c1ccc2c(c1)OCO2. The predicted octanol–water partition coefficient (Wildman–Crippen LogP) is 1.76. The maximum atomic E-state index is 11.9. The Bertz CT molecular complexity index is 496. The van der Waals surface area contributed by atoms with Gasteiger partial charge in [-0.2, -0.15) is 0 Å². The molecule has 0 aliphatic carbocycles. The van der Waals surface area contributed by atoms with Crippen molar-refractivity contribution in [2.24, 2.45) is 5.92 Å². The van der Waals surface area contributed by atoms with Crippen molar-refractivity contribution in [3.05, 3.63) is 23.8 Å². The van der Waals surface area contributed by atoms with Crippen molar-refractivity contribution >= 4 is 11.7 Å². The molecule has 1 aliphatic rings. The highest BCUT2D eigenvalue weighted by Gasteiger charge is 2.20. The second-order valence-corrected chi connectivity index (χ2v) is 4.84. The highest BCUT2D eigenvalue weighted by molar-refractivity contribution is 6.42. The largest absolute Gasteiger partial charge is 0.454 e. The standard InChI is InChI=1S/C14H17NO4/c1-9(2)5-6-15-14(17)13(16)10-3-4-11-12(7-10)19-8-18-11/h3-4,7,9H,5-6,8H2,1-2H3,(H,15,17). The quantitative estimate of drug-likeness (QED) is 0.649. The van der Waals surface area contributed by atoms with Gasteiger partial charge in [-0.3, -0.25) is 9.59 Å². The van der Waals surface area contributed by atoms with Gasteiger partial charge in [0.05, 0.1) is 0 Å². The van der Waals surface area contributed by atoms with E-state index in [1.165, 1.54) is 6.07 Å². The minimum absolute atomic E-state index is 0.146. The molecule has 0 atom stereocenters. The van der Waals surface area contributed by atoms with E-state index < -0.39 is 11.7 Å². The molecular formula is C14H17NO4. The summed E-state index contributed by atoms with van der Waals surface area (Å²) in [6, 6.07) is 4.74. The van der Waals surface area contributed by atoms with E-state index in [1.54, 1.807) is 12.1 Å². The number of carbonyl (C=O) groups excluding carboxylic acids is 2. The zero-order chi connectivity index (χ0) is 13.8. The average molecular weight is 263 g/mol. The number of benzene rings is 1. The minimum atomic E-state index is -0.584. The van der Waals surface area contributed by atoms with E-state index >= 15 is 0 Å². The molecule has 0 saturated heterocycles. The molecule has 5 heteroatoms. The number of fused-ring (bicyclic) bond motifs is 1. The molecule has 2 rings (SSSR count). The molecule has 102 valence electrons. The van der Waals surface area contributed by atoms with Gasteiger partial charge in [-0.15, -0.1) is 0 Å². The van der Waals surface area contributed by atoms with Crippen molar-refractivity contribution in [2.45, 2.75) is 20.3 Å². The van der Waals surface area contributed by atoms with Crippen LogP contribution in [-0.4, -0.2) is 25.0 Å². The number of ketones is 1. The summed E-state index contributed by atoms with van der Waals surface area (Å²) in [5.41, 5.74) is 0.311. The van der Waals surface area contributed by atoms with Crippen molar-refractivity contribution in [3.63, 3.8) is 0 Å². The van der Waals surface area contributed by atoms with Crippen LogP contribution in [0.2, 0.25) is 0 Å². The maximum Gasteiger partial charge on any atom is 0.292 e. The second-order valence-electron chi connectivity index (χ2n) is 4.84. The summed E-state index contributed by atoms with van der Waals surface area (Å²) >= 11 is 0. The van der Waals surface area contributed by atoms with Crippen LogP contribution in [0.4, 0.5) is 0 Å². The van der Waals surface area contributed by atoms with E-state index in [2.05, 4.69) is 19.2 Å². The van der Waals surface area contributed by atoms with E-state index in [0.29, 0.717) is 29.5 Å². The molecule has 0 bridgehead atoms. The van der Waals surface area contributed by atoms with Gasteiger partial charge in [0.2, 0.25) is 12.6 Å². The Morgan fingerprint density at radius 2 is 2.00 bits per heavy atom. The molecule has 1 aromatic carbocycles. The first-order valence-corrected chi connectivity index (χ1v) is 6.30. The highest BCUT2D eigenvalue weighted by Crippen LogP contribution is 2.32. The van der Waals surface area contributed by atoms with Gasteiger partial charge in [-0.25, -0.2) is 0 Å². The molecular weight excluding hydrogens is 246 g/mol. The lowest BCUT2D eigenvalue weighted by Gasteiger charge is -2.06. The molecule has 5 nitrogen and oxygen atoms in total. The summed E-state index contributed by atoms with van der Waals surface area (Å²) in [6.07, 6.45) is 0.847. The van der Waals surface area contributed by atoms with E-state index in [4.69, 9.17) is 9.47 Å². The summed E-state index contributed by atoms with van der Waals surface area (Å²) in [7, 11) is 0. The molecule has 0 radical (unpaired) electrons. The Hall–Kier alpha value is -2.04. The number of ether oxygens (including phenoxy) is 2. The zero-order valence-corrected chi connectivity index (χ0v) is 11.1. The number of nitrogens with one attached hydrogen (secondary N) is 1. The van der Waals surface area contributed by atoms with Gasteiger partial charge >= 0.3 is 0 Å². The fraction of sp³-hybridized carbons (Fsp3) is 0.429. The Kier molecular flexibility index (Phi) is 4.04. The van der Waals surface area contributed by atoms with Gasteiger partial charge in [0.15, 0.2) is 11.5 Å². The van der Waals surface area contributed by atoms with Crippen LogP contribution in [0.3, 0.4) is 0 Å². The molecule has 1 N–H and O–H groups in total. The zero-order valence-electron chi connectivity index (χ0n) is 11.1. The molecule has 1 heterocycles. The molecule has 1 amide bonds. The van der Waals surface area contributed by atoms with Crippen molar-refractivity contribution < 1.29 is 19.1 Å². The third kappa shape index (κ3) is 3.24. The smallest absolute Gasteiger partial charge is 0.292 e. The normalized spacial score (nSPS) is 12.6. The van der Waals surface area contributed by atoms with E-state index in [1.807, 2.05) is 0 Å². The first kappa shape index (κ1) is 13.4. The average Bonchev–Trinajstić information content (AvgIpc) is 2.84. The number of carbonyl (C=O) groups is 2. The van der Waals surface area contributed by atoms with Gasteiger partial charge < -0.3 is 14.8 Å². The van der Waals surface area contributed by atoms with Crippen LogP contribution >= 0.6 is 0 Å². The van der Waals surface area contributed by atoms with Crippen LogP contribution in [0.15, 0.2) is 18.2 Å². The first-order chi connectivity index (χ1) is 9.08. The number of hydrogen-bond donors (Lipinski definition) is 1. The number of rotatable bonds is 5. The number of Topliss-reactive ketones (excluding diaryl/α,β-unsaturated/α-hetero) is 1. The summed E-state index contributed by atoms with van der Waals surface area (Å²) in [6.45, 7) is 4.78. The third-order valence-electron chi connectivity index (χ3n) is 2.85. The van der Waals surface area contributed by atoms with Crippen LogP contribution < -0.4 is 14.8 Å². The Morgan fingerprint density at radius 1 is 1.26 bits per heavy atom. The van der Waals surface area contributed by atoms with Gasteiger partial charge in [0.1, 0.15) is 0 Å². The van der Waals surface area contributed by atoms with Crippen LogP contribution in [-0.2, 0) is 4.79 Å². The lowest BCUT2D eigenvalue weighted by atomic mass is 10.1. The summed E-state index contributed by atoms with van der Waals surface area (Å²) in [5.74, 6) is 0.445. The van der Waals surface area contributed by atoms with E-state index in [0.717, 1.165) is 6.42 Å². The first-order valence-electron chi connectivity index (χ1n) is 6.30. The van der Waals surface area contributed by atoms with Crippen molar-refractivity contribution in [3.8, 4) is 11.5 Å². The fourth-order valence-corrected chi connectivity index (χ4v) is 1.72. The van der Waals surface area contributed by atoms with Gasteiger partial charge in [-0.05, 0) is 30.5 Å². The topological polar surface area (TPSA) is 64.6 Å². The van der Waals surface area contributed by atoms with Crippen LogP contribution in [0.5, 0.6) is 11.5 Å². The molecule has 0 aromatic heterocycles. The second kappa shape index (κ2) is 5.73. The number of hydrogen-bond acceptors (Lipinski definition) is 4. The van der Waals surface area contributed by atoms with Crippen molar-refractivity contribution in [1.29, 1.82) is 0 Å². The van der Waals surface area contributed by atoms with E-state index in [-0.39, 0.29) is 6.79 Å². The molecule has 0 unspecified atom stereocenters. The van der Waals surface area contributed by atoms with Gasteiger partial charge in [0.25, 0.3) is 5.91 Å². The van der Waals surface area contributed by atoms with E-state index in [9.17, 15) is 9.59 Å². The van der Waals surface area contributed by atoms with Crippen molar-refractivity contribution in [1.82, 2.24) is 5.32 Å². The Labute approximate surface area is 111 Å². The molecule has 1 aliphatic heterocycles. The molecule has 0 spiro atoms. The van der Waals surface area contributed by atoms with Gasteiger partial charge in [-0.1, -0.05) is 13.8 Å². The van der Waals surface area contributed by atoms with Crippen LogP contribution in [0.1, 0.15) is 30.6 Å². The molecule has 19 heavy (non-hydrogen) atoms. The maximum absolute atomic E-state index is 11.9. The van der Waals surface area contributed by atoms with Crippen LogP contribution in [0, 0.1) is 5.92 Å². The Balaban J connectivity index is 1.97. The summed E-state index contributed by atoms with van der Waals surface area (Å²) < 4.78 is 10.3.